The molecule has 0 aliphatic carbocycles. The van der Waals surface area contributed by atoms with E-state index in [4.69, 9.17) is 0 Å². The van der Waals surface area contributed by atoms with Gasteiger partial charge in [-0.2, -0.15) is 0 Å². The quantitative estimate of drug-likeness (QED) is 0.447. The fourth-order valence-corrected chi connectivity index (χ4v) is 4.01. The number of imide groups is 1. The molecule has 1 N–H and O–H groups in total. The summed E-state index contributed by atoms with van der Waals surface area (Å²) in [6.07, 6.45) is 0. The molecule has 0 spiro atoms. The maximum Gasteiger partial charge on any atom is 0.266 e. The Morgan fingerprint density at radius 3 is 2.06 bits per heavy atom. The first kappa shape index (κ1) is 20.4. The monoisotopic (exact) mass is 432 g/mol. The van der Waals surface area contributed by atoms with Crippen LogP contribution in [0.15, 0.2) is 103 Å². The number of para-hydroxylation sites is 1. The average molecular weight is 432 g/mol. The molecule has 0 saturated heterocycles. The van der Waals surface area contributed by atoms with E-state index in [2.05, 4.69) is 5.32 Å². The highest BCUT2D eigenvalue weighted by Crippen LogP contribution is 2.36. The second-order valence-corrected chi connectivity index (χ2v) is 7.76. The summed E-state index contributed by atoms with van der Waals surface area (Å²) in [4.78, 5) is 40.4. The molecule has 0 saturated carbocycles. The minimum atomic E-state index is -0.434. The summed E-state index contributed by atoms with van der Waals surface area (Å²) >= 11 is 0. The molecule has 0 fully saturated rings. The minimum Gasteiger partial charge on any atom is -0.348 e. The molecule has 0 aromatic heterocycles. The van der Waals surface area contributed by atoms with E-state index >= 15 is 0 Å². The maximum atomic E-state index is 13.3. The number of hydrogen-bond acceptors (Lipinski definition) is 3. The normalized spacial score (nSPS) is 12.5. The van der Waals surface area contributed by atoms with E-state index in [0.717, 1.165) is 16.7 Å². The zero-order valence-corrected chi connectivity index (χ0v) is 17.7. The standard InChI is InChI=1S/C28H20N2O3/c31-26(29-18-19-9-3-1-4-10-19)21-15-16-23-24(17-21)28(33)30(27(23)32)25-14-8-7-13-22(25)20-11-5-2-6-12-20/h1-17H,18H2,(H,29,31). The Labute approximate surface area is 191 Å². The van der Waals surface area contributed by atoms with Crippen molar-refractivity contribution in [1.29, 1.82) is 0 Å². The minimum absolute atomic E-state index is 0.232. The van der Waals surface area contributed by atoms with E-state index in [1.807, 2.05) is 72.8 Å². The van der Waals surface area contributed by atoms with Crippen LogP contribution in [0.25, 0.3) is 11.1 Å². The van der Waals surface area contributed by atoms with Crippen LogP contribution in [0.4, 0.5) is 5.69 Å². The lowest BCUT2D eigenvalue weighted by molar-refractivity contribution is 0.0923. The molecule has 4 aromatic carbocycles. The van der Waals surface area contributed by atoms with Crippen molar-refractivity contribution in [2.75, 3.05) is 4.90 Å². The summed E-state index contributed by atoms with van der Waals surface area (Å²) in [7, 11) is 0. The van der Waals surface area contributed by atoms with E-state index in [9.17, 15) is 14.4 Å². The van der Waals surface area contributed by atoms with Gasteiger partial charge in [-0.25, -0.2) is 4.90 Å². The highest BCUT2D eigenvalue weighted by Gasteiger charge is 2.38. The van der Waals surface area contributed by atoms with Crippen LogP contribution in [0.3, 0.4) is 0 Å². The van der Waals surface area contributed by atoms with Gasteiger partial charge in [-0.05, 0) is 35.4 Å². The zero-order valence-electron chi connectivity index (χ0n) is 17.7. The van der Waals surface area contributed by atoms with Gasteiger partial charge in [-0.1, -0.05) is 78.9 Å². The number of carbonyl (C=O) groups excluding carboxylic acids is 3. The predicted octanol–water partition coefficient (Wildman–Crippen LogP) is 5.08. The van der Waals surface area contributed by atoms with Gasteiger partial charge in [0.2, 0.25) is 0 Å². The second-order valence-electron chi connectivity index (χ2n) is 7.76. The molecule has 0 atom stereocenters. The third-order valence-electron chi connectivity index (χ3n) is 5.67. The van der Waals surface area contributed by atoms with E-state index in [1.165, 1.54) is 11.0 Å². The molecule has 0 bridgehead atoms. The van der Waals surface area contributed by atoms with E-state index in [1.54, 1.807) is 24.3 Å². The Morgan fingerprint density at radius 1 is 0.667 bits per heavy atom. The van der Waals surface area contributed by atoms with E-state index in [0.29, 0.717) is 23.4 Å². The largest absolute Gasteiger partial charge is 0.348 e. The first-order valence-electron chi connectivity index (χ1n) is 10.6. The number of benzene rings is 4. The summed E-state index contributed by atoms with van der Waals surface area (Å²) in [6, 6.07) is 31.1. The Kier molecular flexibility index (Phi) is 5.29. The third kappa shape index (κ3) is 3.81. The van der Waals surface area contributed by atoms with Crippen LogP contribution in [-0.2, 0) is 6.54 Å². The maximum absolute atomic E-state index is 13.3. The Hall–Kier alpha value is -4.51. The number of nitrogens with zero attached hydrogens (tertiary/aromatic N) is 1. The van der Waals surface area contributed by atoms with Crippen LogP contribution in [-0.4, -0.2) is 17.7 Å². The van der Waals surface area contributed by atoms with Crippen molar-refractivity contribution < 1.29 is 14.4 Å². The number of fused-ring (bicyclic) bond motifs is 1. The van der Waals surface area contributed by atoms with Crippen LogP contribution in [0.1, 0.15) is 36.6 Å². The highest BCUT2D eigenvalue weighted by atomic mass is 16.2. The molecule has 3 amide bonds. The number of hydrogen-bond donors (Lipinski definition) is 1. The molecule has 5 rings (SSSR count). The Balaban J connectivity index is 1.44. The molecule has 160 valence electrons. The van der Waals surface area contributed by atoms with E-state index < -0.39 is 11.8 Å². The summed E-state index contributed by atoms with van der Waals surface area (Å²) in [5.74, 6) is -1.13. The van der Waals surface area contributed by atoms with Crippen LogP contribution >= 0.6 is 0 Å². The number of carbonyl (C=O) groups is 3. The van der Waals surface area contributed by atoms with Gasteiger partial charge in [-0.3, -0.25) is 14.4 Å². The molecular formula is C28H20N2O3. The van der Waals surface area contributed by atoms with Gasteiger partial charge in [0.05, 0.1) is 16.8 Å². The van der Waals surface area contributed by atoms with Crippen LogP contribution in [0.2, 0.25) is 0 Å². The topological polar surface area (TPSA) is 66.5 Å². The van der Waals surface area contributed by atoms with Crippen molar-refractivity contribution in [3.63, 3.8) is 0 Å². The molecular weight excluding hydrogens is 412 g/mol. The van der Waals surface area contributed by atoms with Crippen molar-refractivity contribution in [3.05, 3.63) is 125 Å². The van der Waals surface area contributed by atoms with Crippen LogP contribution in [0, 0.1) is 0 Å². The first-order valence-corrected chi connectivity index (χ1v) is 10.6. The smallest absolute Gasteiger partial charge is 0.266 e. The van der Waals surface area contributed by atoms with Crippen molar-refractivity contribution >= 4 is 23.4 Å². The van der Waals surface area contributed by atoms with Crippen molar-refractivity contribution in [3.8, 4) is 11.1 Å². The summed E-state index contributed by atoms with van der Waals surface area (Å²) in [6.45, 7) is 0.375. The van der Waals surface area contributed by atoms with Gasteiger partial charge in [0, 0.05) is 17.7 Å². The zero-order chi connectivity index (χ0) is 22.8. The average Bonchev–Trinajstić information content (AvgIpc) is 3.12. The van der Waals surface area contributed by atoms with Gasteiger partial charge >= 0.3 is 0 Å². The van der Waals surface area contributed by atoms with Crippen LogP contribution in [0.5, 0.6) is 0 Å². The highest BCUT2D eigenvalue weighted by molar-refractivity contribution is 6.35. The molecule has 4 aromatic rings. The number of rotatable bonds is 5. The molecule has 5 nitrogen and oxygen atoms in total. The lowest BCUT2D eigenvalue weighted by Crippen LogP contribution is -2.29. The number of amides is 3. The van der Waals surface area contributed by atoms with Gasteiger partial charge in [-0.15, -0.1) is 0 Å². The molecule has 1 heterocycles. The Morgan fingerprint density at radius 2 is 1.30 bits per heavy atom. The SMILES string of the molecule is O=C(NCc1ccccc1)c1ccc2c(c1)C(=O)N(c1ccccc1-c1ccccc1)C2=O. The van der Waals surface area contributed by atoms with Crippen molar-refractivity contribution in [2.24, 2.45) is 0 Å². The van der Waals surface area contributed by atoms with Gasteiger partial charge in [0.15, 0.2) is 0 Å². The van der Waals surface area contributed by atoms with Gasteiger partial charge in [0.25, 0.3) is 17.7 Å². The summed E-state index contributed by atoms with van der Waals surface area (Å²) < 4.78 is 0. The molecule has 0 unspecified atom stereocenters. The fraction of sp³-hybridized carbons (Fsp3) is 0.0357. The summed E-state index contributed by atoms with van der Waals surface area (Å²) in [5, 5.41) is 2.86. The van der Waals surface area contributed by atoms with Crippen LogP contribution < -0.4 is 10.2 Å². The predicted molar refractivity (Wildman–Crippen MR) is 127 cm³/mol. The molecule has 0 radical (unpaired) electrons. The van der Waals surface area contributed by atoms with Gasteiger partial charge in [0.1, 0.15) is 0 Å². The third-order valence-corrected chi connectivity index (χ3v) is 5.67. The number of anilines is 1. The van der Waals surface area contributed by atoms with Crippen molar-refractivity contribution in [1.82, 2.24) is 5.32 Å². The number of nitrogens with one attached hydrogen (secondary N) is 1. The lowest BCUT2D eigenvalue weighted by atomic mass is 10.0. The molecule has 1 aliphatic heterocycles. The fourth-order valence-electron chi connectivity index (χ4n) is 4.01. The second kappa shape index (κ2) is 8.55. The Bertz CT molecular complexity index is 1360. The van der Waals surface area contributed by atoms with E-state index in [-0.39, 0.29) is 11.5 Å². The van der Waals surface area contributed by atoms with Crippen molar-refractivity contribution in [2.45, 2.75) is 6.54 Å². The lowest BCUT2D eigenvalue weighted by Gasteiger charge is -2.18. The first-order chi connectivity index (χ1) is 16.1. The molecule has 33 heavy (non-hydrogen) atoms. The molecule has 5 heteroatoms. The molecule has 1 aliphatic rings. The van der Waals surface area contributed by atoms with Gasteiger partial charge < -0.3 is 5.32 Å². The summed E-state index contributed by atoms with van der Waals surface area (Å²) in [5.41, 5.74) is 4.05.